The van der Waals surface area contributed by atoms with Crippen LogP contribution in [0.2, 0.25) is 0 Å². The topological polar surface area (TPSA) is 72.5 Å². The number of nitrogens with one attached hydrogen (secondary N) is 1. The average molecular weight is 342 g/mol. The zero-order valence-corrected chi connectivity index (χ0v) is 13.1. The van der Waals surface area contributed by atoms with Crippen LogP contribution in [0.15, 0.2) is 22.7 Å². The van der Waals surface area contributed by atoms with E-state index in [0.717, 1.165) is 10.0 Å². The van der Waals surface area contributed by atoms with Crippen molar-refractivity contribution in [3.8, 4) is 0 Å². The van der Waals surface area contributed by atoms with E-state index in [-0.39, 0.29) is 12.2 Å². The summed E-state index contributed by atoms with van der Waals surface area (Å²) in [6, 6.07) is 4.24. The van der Waals surface area contributed by atoms with E-state index in [0.29, 0.717) is 5.56 Å². The van der Waals surface area contributed by atoms with Gasteiger partial charge in [0, 0.05) is 10.0 Å². The van der Waals surface area contributed by atoms with Gasteiger partial charge in [-0.25, -0.2) is 0 Å². The minimum atomic E-state index is -0.880. The highest BCUT2D eigenvalue weighted by molar-refractivity contribution is 9.10. The first-order chi connectivity index (χ1) is 9.35. The van der Waals surface area contributed by atoms with Crippen molar-refractivity contribution in [2.24, 2.45) is 0 Å². The molecule has 0 aliphatic rings. The fraction of sp³-hybridized carbons (Fsp3) is 0.357. The third kappa shape index (κ3) is 4.45. The monoisotopic (exact) mass is 341 g/mol. The summed E-state index contributed by atoms with van der Waals surface area (Å²) in [5.41, 5.74) is 1.41. The standard InChI is InChI=1S/C14H16BrNO4/c1-8-4-5-10(6-11(8)15)14(19)16-12(9(2)17)7-13(18)20-3/h4-6,12H,7H2,1-3H3,(H,16,19). The Balaban J connectivity index is 2.82. The minimum Gasteiger partial charge on any atom is -0.469 e. The molecule has 0 aliphatic carbocycles. The molecule has 1 N–H and O–H groups in total. The predicted octanol–water partition coefficient (Wildman–Crippen LogP) is 2.01. The Morgan fingerprint density at radius 3 is 2.50 bits per heavy atom. The molecule has 0 aromatic heterocycles. The van der Waals surface area contributed by atoms with Gasteiger partial charge >= 0.3 is 5.97 Å². The van der Waals surface area contributed by atoms with Gasteiger partial charge in [0.2, 0.25) is 0 Å². The first-order valence-electron chi connectivity index (χ1n) is 5.99. The van der Waals surface area contributed by atoms with Gasteiger partial charge in [0.1, 0.15) is 0 Å². The van der Waals surface area contributed by atoms with Crippen LogP contribution in [-0.4, -0.2) is 30.8 Å². The SMILES string of the molecule is COC(=O)CC(NC(=O)c1ccc(C)c(Br)c1)C(C)=O. The van der Waals surface area contributed by atoms with Crippen molar-refractivity contribution in [1.82, 2.24) is 5.32 Å². The fourth-order valence-corrected chi connectivity index (χ4v) is 1.90. The van der Waals surface area contributed by atoms with Crippen LogP contribution in [0.5, 0.6) is 0 Å². The van der Waals surface area contributed by atoms with E-state index >= 15 is 0 Å². The molecule has 1 aromatic carbocycles. The third-order valence-corrected chi connectivity index (χ3v) is 3.68. The lowest BCUT2D eigenvalue weighted by atomic mass is 10.1. The lowest BCUT2D eigenvalue weighted by Crippen LogP contribution is -2.41. The van der Waals surface area contributed by atoms with Crippen LogP contribution in [0, 0.1) is 6.92 Å². The van der Waals surface area contributed by atoms with Gasteiger partial charge in [-0.2, -0.15) is 0 Å². The highest BCUT2D eigenvalue weighted by Gasteiger charge is 2.21. The number of esters is 1. The number of hydrogen-bond acceptors (Lipinski definition) is 4. The Morgan fingerprint density at radius 2 is 2.00 bits per heavy atom. The molecule has 1 atom stereocenters. The number of amides is 1. The Kier molecular flexibility index (Phi) is 5.88. The number of hydrogen-bond donors (Lipinski definition) is 1. The number of halogens is 1. The Hall–Kier alpha value is -1.69. The van der Waals surface area contributed by atoms with E-state index in [9.17, 15) is 14.4 Å². The molecular formula is C14H16BrNO4. The maximum Gasteiger partial charge on any atom is 0.308 e. The molecule has 0 fully saturated rings. The molecule has 0 heterocycles. The first-order valence-corrected chi connectivity index (χ1v) is 6.78. The van der Waals surface area contributed by atoms with Gasteiger partial charge in [0.25, 0.3) is 5.91 Å². The molecule has 108 valence electrons. The summed E-state index contributed by atoms with van der Waals surface area (Å²) in [6.45, 7) is 3.22. The number of Topliss-reactive ketones (excluding diaryl/α,β-unsaturated/α-hetero) is 1. The van der Waals surface area contributed by atoms with Crippen molar-refractivity contribution in [2.45, 2.75) is 26.3 Å². The van der Waals surface area contributed by atoms with Crippen LogP contribution in [0.1, 0.15) is 29.3 Å². The largest absolute Gasteiger partial charge is 0.469 e. The van der Waals surface area contributed by atoms with E-state index in [1.54, 1.807) is 18.2 Å². The van der Waals surface area contributed by atoms with E-state index in [4.69, 9.17) is 0 Å². The molecular weight excluding hydrogens is 326 g/mol. The van der Waals surface area contributed by atoms with Crippen LogP contribution >= 0.6 is 15.9 Å². The van der Waals surface area contributed by atoms with Gasteiger partial charge in [0.15, 0.2) is 5.78 Å². The molecule has 0 saturated heterocycles. The van der Waals surface area contributed by atoms with E-state index < -0.39 is 17.9 Å². The van der Waals surface area contributed by atoms with Crippen molar-refractivity contribution in [2.75, 3.05) is 7.11 Å². The molecule has 0 saturated carbocycles. The zero-order valence-electron chi connectivity index (χ0n) is 11.5. The lowest BCUT2D eigenvalue weighted by molar-refractivity contribution is -0.142. The first kappa shape index (κ1) is 16.4. The molecule has 0 spiro atoms. The molecule has 1 aromatic rings. The molecule has 5 nitrogen and oxygen atoms in total. The highest BCUT2D eigenvalue weighted by atomic mass is 79.9. The second kappa shape index (κ2) is 7.19. The number of carbonyl (C=O) groups is 3. The van der Waals surface area contributed by atoms with E-state index in [2.05, 4.69) is 26.0 Å². The zero-order chi connectivity index (χ0) is 15.3. The maximum absolute atomic E-state index is 12.1. The van der Waals surface area contributed by atoms with Gasteiger partial charge in [-0.15, -0.1) is 0 Å². The fourth-order valence-electron chi connectivity index (χ4n) is 1.52. The van der Waals surface area contributed by atoms with Crippen LogP contribution < -0.4 is 5.32 Å². The molecule has 1 rings (SSSR count). The van der Waals surface area contributed by atoms with Gasteiger partial charge in [-0.1, -0.05) is 22.0 Å². The minimum absolute atomic E-state index is 0.176. The average Bonchev–Trinajstić information content (AvgIpc) is 2.40. The van der Waals surface area contributed by atoms with Crippen molar-refractivity contribution in [3.05, 3.63) is 33.8 Å². The summed E-state index contributed by atoms with van der Waals surface area (Å²) in [5.74, 6) is -1.25. The Morgan fingerprint density at radius 1 is 1.35 bits per heavy atom. The summed E-state index contributed by atoms with van der Waals surface area (Å²) in [5, 5.41) is 2.53. The number of carbonyl (C=O) groups excluding carboxylic acids is 3. The molecule has 0 aliphatic heterocycles. The summed E-state index contributed by atoms with van der Waals surface area (Å²) in [4.78, 5) is 34.7. The second-order valence-electron chi connectivity index (χ2n) is 4.38. The quantitative estimate of drug-likeness (QED) is 0.831. The normalized spacial score (nSPS) is 11.6. The molecule has 6 heteroatoms. The molecule has 1 unspecified atom stereocenters. The maximum atomic E-state index is 12.1. The van der Waals surface area contributed by atoms with E-state index in [1.807, 2.05) is 6.92 Å². The summed E-state index contributed by atoms with van der Waals surface area (Å²) in [7, 11) is 1.23. The number of aryl methyl sites for hydroxylation is 1. The number of methoxy groups -OCH3 is 1. The van der Waals surface area contributed by atoms with Gasteiger partial charge in [-0.05, 0) is 31.5 Å². The highest BCUT2D eigenvalue weighted by Crippen LogP contribution is 2.17. The molecule has 1 amide bonds. The van der Waals surface area contributed by atoms with Crippen LogP contribution in [0.25, 0.3) is 0 Å². The van der Waals surface area contributed by atoms with Crippen molar-refractivity contribution >= 4 is 33.6 Å². The predicted molar refractivity (Wildman–Crippen MR) is 77.4 cm³/mol. The number of ketones is 1. The number of rotatable bonds is 5. The van der Waals surface area contributed by atoms with Crippen molar-refractivity contribution in [3.63, 3.8) is 0 Å². The molecule has 0 bridgehead atoms. The summed E-state index contributed by atoms with van der Waals surface area (Å²) >= 11 is 3.34. The molecule has 20 heavy (non-hydrogen) atoms. The second-order valence-corrected chi connectivity index (χ2v) is 5.24. The van der Waals surface area contributed by atoms with Crippen molar-refractivity contribution < 1.29 is 19.1 Å². The number of benzene rings is 1. The molecule has 0 radical (unpaired) electrons. The van der Waals surface area contributed by atoms with Crippen molar-refractivity contribution in [1.29, 1.82) is 0 Å². The van der Waals surface area contributed by atoms with E-state index in [1.165, 1.54) is 14.0 Å². The number of ether oxygens (including phenoxy) is 1. The van der Waals surface area contributed by atoms with Gasteiger partial charge < -0.3 is 10.1 Å². The summed E-state index contributed by atoms with van der Waals surface area (Å²) < 4.78 is 5.31. The lowest BCUT2D eigenvalue weighted by Gasteiger charge is -2.15. The van der Waals surface area contributed by atoms with Crippen LogP contribution in [0.4, 0.5) is 0 Å². The van der Waals surface area contributed by atoms with Gasteiger partial charge in [-0.3, -0.25) is 14.4 Å². The van der Waals surface area contributed by atoms with Gasteiger partial charge in [0.05, 0.1) is 19.6 Å². The Labute approximate surface area is 125 Å². The Bertz CT molecular complexity index is 542. The smallest absolute Gasteiger partial charge is 0.308 e. The third-order valence-electron chi connectivity index (χ3n) is 2.83. The van der Waals surface area contributed by atoms with Crippen LogP contribution in [0.3, 0.4) is 0 Å². The summed E-state index contributed by atoms with van der Waals surface area (Å²) in [6.07, 6.45) is -0.176. The van der Waals surface area contributed by atoms with Crippen LogP contribution in [-0.2, 0) is 14.3 Å².